The molecule has 0 bridgehead atoms. The molecule has 94 valence electrons. The van der Waals surface area contributed by atoms with Gasteiger partial charge in [-0.3, -0.25) is 0 Å². The molecule has 7 nitrogen and oxygen atoms in total. The number of ether oxygens (including phenoxy) is 1. The molecule has 1 aliphatic heterocycles. The second-order valence-electron chi connectivity index (χ2n) is 3.58. The van der Waals surface area contributed by atoms with Crippen LogP contribution in [-0.4, -0.2) is 59.5 Å². The van der Waals surface area contributed by atoms with Gasteiger partial charge in [-0.25, -0.2) is 0 Å². The third-order valence-electron chi connectivity index (χ3n) is 2.52. The summed E-state index contributed by atoms with van der Waals surface area (Å²) in [6, 6.07) is -0.146. The predicted molar refractivity (Wildman–Crippen MR) is 63.4 cm³/mol. The quantitative estimate of drug-likeness (QED) is 0.775. The summed E-state index contributed by atoms with van der Waals surface area (Å²) >= 11 is 5.82. The van der Waals surface area contributed by atoms with Crippen LogP contribution in [0.1, 0.15) is 0 Å². The summed E-state index contributed by atoms with van der Waals surface area (Å²) in [6.45, 7) is 1.64. The van der Waals surface area contributed by atoms with E-state index in [9.17, 15) is 5.11 Å². The predicted octanol–water partition coefficient (Wildman–Crippen LogP) is -0.236. The summed E-state index contributed by atoms with van der Waals surface area (Å²) < 4.78 is 5.29. The van der Waals surface area contributed by atoms with Gasteiger partial charge in [0.15, 0.2) is 0 Å². The van der Waals surface area contributed by atoms with Gasteiger partial charge in [0.2, 0.25) is 17.2 Å². The average molecular weight is 260 g/mol. The fourth-order valence-electron chi connectivity index (χ4n) is 1.65. The molecule has 1 saturated heterocycles. The molecule has 0 radical (unpaired) electrons. The van der Waals surface area contributed by atoms with Crippen molar-refractivity contribution in [2.24, 2.45) is 0 Å². The number of aliphatic hydroxyl groups excluding tert-OH is 1. The van der Waals surface area contributed by atoms with Crippen LogP contribution in [0, 0.1) is 0 Å². The molecule has 1 aromatic heterocycles. The molecule has 1 aliphatic rings. The molecule has 8 heteroatoms. The Morgan fingerprint density at radius 2 is 2.35 bits per heavy atom. The first-order valence-corrected chi connectivity index (χ1v) is 5.67. The van der Waals surface area contributed by atoms with Crippen LogP contribution in [0.5, 0.6) is 0 Å². The van der Waals surface area contributed by atoms with Crippen LogP contribution in [0.2, 0.25) is 5.28 Å². The van der Waals surface area contributed by atoms with Crippen molar-refractivity contribution < 1.29 is 9.84 Å². The van der Waals surface area contributed by atoms with E-state index >= 15 is 0 Å². The molecule has 0 aliphatic carbocycles. The molecular formula is C9H14ClN5O2. The van der Waals surface area contributed by atoms with Gasteiger partial charge in [-0.15, -0.1) is 0 Å². The van der Waals surface area contributed by atoms with Gasteiger partial charge < -0.3 is 20.1 Å². The van der Waals surface area contributed by atoms with Crippen molar-refractivity contribution in [2.75, 3.05) is 43.6 Å². The Labute approximate surface area is 104 Å². The van der Waals surface area contributed by atoms with E-state index in [-0.39, 0.29) is 17.9 Å². The Morgan fingerprint density at radius 3 is 3.06 bits per heavy atom. The fraction of sp³-hybridized carbons (Fsp3) is 0.667. The second-order valence-corrected chi connectivity index (χ2v) is 3.92. The molecule has 1 fully saturated rings. The number of aromatic nitrogens is 3. The minimum atomic E-state index is -0.146. The lowest BCUT2D eigenvalue weighted by atomic mass is 10.2. The Morgan fingerprint density at radius 1 is 1.53 bits per heavy atom. The molecule has 2 rings (SSSR count). The van der Waals surface area contributed by atoms with E-state index < -0.39 is 0 Å². The summed E-state index contributed by atoms with van der Waals surface area (Å²) in [5, 5.41) is 12.2. The maximum absolute atomic E-state index is 9.28. The lowest BCUT2D eigenvalue weighted by Crippen LogP contribution is -2.48. The molecule has 1 unspecified atom stereocenters. The highest BCUT2D eigenvalue weighted by Gasteiger charge is 2.25. The monoisotopic (exact) mass is 259 g/mol. The standard InChI is InChI=1S/C9H14ClN5O2/c1-11-8-12-7(10)13-9(14-8)15-2-3-17-5-6(15)4-16/h6,16H,2-5H2,1H3,(H,11,12,13,14). The van der Waals surface area contributed by atoms with Crippen LogP contribution >= 0.6 is 11.6 Å². The van der Waals surface area contributed by atoms with Crippen molar-refractivity contribution in [3.05, 3.63) is 5.28 Å². The number of hydrogen-bond acceptors (Lipinski definition) is 7. The van der Waals surface area contributed by atoms with Gasteiger partial charge in [0.1, 0.15) is 0 Å². The Hall–Kier alpha value is -1.18. The number of hydrogen-bond donors (Lipinski definition) is 2. The van der Waals surface area contributed by atoms with Crippen molar-refractivity contribution in [1.82, 2.24) is 15.0 Å². The van der Waals surface area contributed by atoms with Crippen LogP contribution < -0.4 is 10.2 Å². The average Bonchev–Trinajstić information content (AvgIpc) is 2.37. The Balaban J connectivity index is 2.27. The summed E-state index contributed by atoms with van der Waals surface area (Å²) in [5.74, 6) is 0.861. The van der Waals surface area contributed by atoms with Crippen molar-refractivity contribution in [3.8, 4) is 0 Å². The van der Waals surface area contributed by atoms with E-state index in [1.807, 2.05) is 4.90 Å². The van der Waals surface area contributed by atoms with Gasteiger partial charge in [0, 0.05) is 13.6 Å². The van der Waals surface area contributed by atoms with E-state index in [1.54, 1.807) is 7.05 Å². The number of halogens is 1. The highest BCUT2D eigenvalue weighted by molar-refractivity contribution is 6.28. The van der Waals surface area contributed by atoms with E-state index in [1.165, 1.54) is 0 Å². The number of rotatable bonds is 3. The first-order valence-electron chi connectivity index (χ1n) is 5.29. The third-order valence-corrected chi connectivity index (χ3v) is 2.68. The fourth-order valence-corrected chi connectivity index (χ4v) is 1.80. The topological polar surface area (TPSA) is 83.4 Å². The first kappa shape index (κ1) is 12.3. The van der Waals surface area contributed by atoms with E-state index in [2.05, 4.69) is 20.3 Å². The number of morpholine rings is 1. The maximum atomic E-state index is 9.28. The Bertz CT molecular complexity index is 392. The molecule has 1 atom stereocenters. The summed E-state index contributed by atoms with van der Waals surface area (Å²) in [4.78, 5) is 14.1. The van der Waals surface area contributed by atoms with Crippen LogP contribution in [0.3, 0.4) is 0 Å². The zero-order valence-corrected chi connectivity index (χ0v) is 10.2. The SMILES string of the molecule is CNc1nc(Cl)nc(N2CCOCC2CO)n1. The summed E-state index contributed by atoms with van der Waals surface area (Å²) in [5.41, 5.74) is 0. The summed E-state index contributed by atoms with van der Waals surface area (Å²) in [6.07, 6.45) is 0. The van der Waals surface area contributed by atoms with E-state index in [0.29, 0.717) is 31.7 Å². The van der Waals surface area contributed by atoms with Gasteiger partial charge in [-0.1, -0.05) is 0 Å². The highest BCUT2D eigenvalue weighted by Crippen LogP contribution is 2.18. The van der Waals surface area contributed by atoms with E-state index in [4.69, 9.17) is 16.3 Å². The zero-order chi connectivity index (χ0) is 12.3. The van der Waals surface area contributed by atoms with Gasteiger partial charge in [0.05, 0.1) is 25.9 Å². The molecular weight excluding hydrogens is 246 g/mol. The molecule has 2 N–H and O–H groups in total. The van der Waals surface area contributed by atoms with Gasteiger partial charge in [-0.05, 0) is 11.6 Å². The van der Waals surface area contributed by atoms with Crippen molar-refractivity contribution in [3.63, 3.8) is 0 Å². The molecule has 0 saturated carbocycles. The van der Waals surface area contributed by atoms with Crippen LogP contribution in [0.15, 0.2) is 0 Å². The molecule has 0 amide bonds. The van der Waals surface area contributed by atoms with Gasteiger partial charge >= 0.3 is 0 Å². The molecule has 2 heterocycles. The zero-order valence-electron chi connectivity index (χ0n) is 9.43. The highest BCUT2D eigenvalue weighted by atomic mass is 35.5. The summed E-state index contributed by atoms with van der Waals surface area (Å²) in [7, 11) is 1.71. The normalized spacial score (nSPS) is 20.4. The van der Waals surface area contributed by atoms with Crippen LogP contribution in [0.25, 0.3) is 0 Å². The molecule has 0 spiro atoms. The van der Waals surface area contributed by atoms with Gasteiger partial charge in [0.25, 0.3) is 0 Å². The second kappa shape index (κ2) is 5.44. The number of nitrogens with zero attached hydrogens (tertiary/aromatic N) is 4. The van der Waals surface area contributed by atoms with E-state index in [0.717, 1.165) is 0 Å². The Kier molecular flexibility index (Phi) is 3.93. The van der Waals surface area contributed by atoms with Crippen LogP contribution in [-0.2, 0) is 4.74 Å². The number of aliphatic hydroxyl groups is 1. The first-order chi connectivity index (χ1) is 8.24. The van der Waals surface area contributed by atoms with Crippen molar-refractivity contribution in [2.45, 2.75) is 6.04 Å². The van der Waals surface area contributed by atoms with Crippen molar-refractivity contribution >= 4 is 23.5 Å². The minimum absolute atomic E-state index is 0.0157. The third kappa shape index (κ3) is 2.74. The molecule has 17 heavy (non-hydrogen) atoms. The lowest BCUT2D eigenvalue weighted by Gasteiger charge is -2.34. The number of anilines is 2. The molecule has 1 aromatic rings. The smallest absolute Gasteiger partial charge is 0.231 e. The van der Waals surface area contributed by atoms with Crippen molar-refractivity contribution in [1.29, 1.82) is 0 Å². The maximum Gasteiger partial charge on any atom is 0.231 e. The number of nitrogens with one attached hydrogen (secondary N) is 1. The minimum Gasteiger partial charge on any atom is -0.394 e. The molecule has 0 aromatic carbocycles. The van der Waals surface area contributed by atoms with Crippen LogP contribution in [0.4, 0.5) is 11.9 Å². The largest absolute Gasteiger partial charge is 0.394 e. The van der Waals surface area contributed by atoms with Gasteiger partial charge in [-0.2, -0.15) is 15.0 Å². The lowest BCUT2D eigenvalue weighted by molar-refractivity contribution is 0.0718.